The molecule has 0 aliphatic carbocycles. The highest BCUT2D eigenvalue weighted by Crippen LogP contribution is 2.42. The molecule has 0 bridgehead atoms. The lowest BCUT2D eigenvalue weighted by molar-refractivity contribution is 0.953. The second kappa shape index (κ2) is 13.0. The molecular formula is C51H33N5. The van der Waals surface area contributed by atoms with E-state index in [1.54, 1.807) is 0 Å². The molecule has 0 fully saturated rings. The van der Waals surface area contributed by atoms with E-state index >= 15 is 0 Å². The summed E-state index contributed by atoms with van der Waals surface area (Å²) in [6.07, 6.45) is 0. The molecule has 5 nitrogen and oxygen atoms in total. The van der Waals surface area contributed by atoms with E-state index in [1.165, 1.54) is 0 Å². The molecule has 0 aliphatic heterocycles. The number of rotatable bonds is 6. The molecule has 8 aromatic carbocycles. The molecule has 262 valence electrons. The van der Waals surface area contributed by atoms with Gasteiger partial charge in [-0.25, -0.2) is 4.98 Å². The first kappa shape index (κ1) is 13.0. The molecule has 56 heavy (non-hydrogen) atoms. The topological polar surface area (TPSA) is 48.5 Å². The summed E-state index contributed by atoms with van der Waals surface area (Å²) in [5, 5.41) is -2.56. The van der Waals surface area contributed by atoms with E-state index in [-0.39, 0.29) is 0 Å². The van der Waals surface area contributed by atoms with E-state index in [4.69, 9.17) is 31.5 Å². The first-order chi connectivity index (χ1) is 41.5. The van der Waals surface area contributed by atoms with E-state index in [0.29, 0.717) is 9.13 Å². The summed E-state index contributed by atoms with van der Waals surface area (Å²) < 4.78 is 297. The van der Waals surface area contributed by atoms with Crippen LogP contribution in [-0.4, -0.2) is 24.1 Å². The van der Waals surface area contributed by atoms with E-state index in [1.807, 2.05) is 0 Å². The number of hydrogen-bond donors (Lipinski definition) is 0. The predicted molar refractivity (Wildman–Crippen MR) is 230 cm³/mol. The fraction of sp³-hybridized carbons (Fsp3) is 0. The van der Waals surface area contributed by atoms with Gasteiger partial charge < -0.3 is 4.57 Å². The standard InChI is InChI=1S/C51H33N5/c1-4-16-34(17-5-1)37-22-14-24-39(32-37)50-52-49(36-20-8-3-9-21-36)53-51(54-50)56-44-29-13-11-27-42(44)48-46(56)31-30-45-47(48)41-26-10-12-28-43(41)55(45)40-25-15-23-38(33-40)35-18-6-2-7-19-35/h1-33H/i1D,2D,3D,4D,5D,6D,7D,8D,9D,10D,11D,12D,13D,14D,15D,16D,17D,18D,19D,20D,21D,22D,23D,24D,25D,26D,27D,28D,29D,30D,31D,32D,33D. The number of para-hydroxylation sites is 2. The van der Waals surface area contributed by atoms with E-state index in [2.05, 4.69) is 15.0 Å². The Morgan fingerprint density at radius 1 is 0.321 bits per heavy atom. The summed E-state index contributed by atoms with van der Waals surface area (Å²) in [5.74, 6) is -2.98. The van der Waals surface area contributed by atoms with Gasteiger partial charge in [0, 0.05) is 38.4 Å². The van der Waals surface area contributed by atoms with Crippen LogP contribution in [0, 0.1) is 0 Å². The zero-order valence-electron chi connectivity index (χ0n) is 60.7. The Labute approximate surface area is 369 Å². The monoisotopic (exact) mass is 748 g/mol. The van der Waals surface area contributed by atoms with Crippen LogP contribution in [-0.2, 0) is 0 Å². The Bertz CT molecular complexity index is 5100. The van der Waals surface area contributed by atoms with Crippen LogP contribution in [0.15, 0.2) is 199 Å². The molecule has 0 spiro atoms. The summed E-state index contributed by atoms with van der Waals surface area (Å²) >= 11 is 0. The van der Waals surface area contributed by atoms with Crippen molar-refractivity contribution >= 4 is 43.6 Å². The number of aromatic nitrogens is 5. The summed E-state index contributed by atoms with van der Waals surface area (Å²) in [6, 6.07) is -33.0. The summed E-state index contributed by atoms with van der Waals surface area (Å²) in [7, 11) is 0. The Morgan fingerprint density at radius 2 is 0.768 bits per heavy atom. The van der Waals surface area contributed by atoms with Crippen molar-refractivity contribution in [3.05, 3.63) is 199 Å². The quantitative estimate of drug-likeness (QED) is 0.170. The van der Waals surface area contributed by atoms with Gasteiger partial charge >= 0.3 is 0 Å². The average Bonchev–Trinajstić information content (AvgIpc) is 1.52. The van der Waals surface area contributed by atoms with Gasteiger partial charge in [0.2, 0.25) is 5.95 Å². The molecule has 0 atom stereocenters. The van der Waals surface area contributed by atoms with E-state index in [0.717, 1.165) is 0 Å². The van der Waals surface area contributed by atoms with Gasteiger partial charge in [0.25, 0.3) is 0 Å². The summed E-state index contributed by atoms with van der Waals surface area (Å²) in [4.78, 5) is 13.3. The normalized spacial score (nSPS) is 19.8. The van der Waals surface area contributed by atoms with Crippen molar-refractivity contribution < 1.29 is 45.2 Å². The fourth-order valence-corrected chi connectivity index (χ4v) is 6.21. The van der Waals surface area contributed by atoms with Gasteiger partial charge in [-0.2, -0.15) is 9.97 Å². The van der Waals surface area contributed by atoms with Crippen molar-refractivity contribution in [1.82, 2.24) is 24.1 Å². The van der Waals surface area contributed by atoms with Crippen LogP contribution in [0.4, 0.5) is 0 Å². The van der Waals surface area contributed by atoms with Crippen molar-refractivity contribution in [2.75, 3.05) is 0 Å². The number of hydrogen-bond acceptors (Lipinski definition) is 3. The molecule has 0 saturated carbocycles. The number of nitrogens with zero attached hydrogens (tertiary/aromatic N) is 5. The molecule has 11 aromatic rings. The van der Waals surface area contributed by atoms with Crippen molar-refractivity contribution in [3.8, 4) is 56.7 Å². The first-order valence-corrected chi connectivity index (χ1v) is 16.2. The summed E-state index contributed by atoms with van der Waals surface area (Å²) in [6.45, 7) is 0. The third-order valence-corrected chi connectivity index (χ3v) is 8.48. The van der Waals surface area contributed by atoms with Gasteiger partial charge in [0.1, 0.15) is 0 Å². The average molecular weight is 749 g/mol. The predicted octanol–water partition coefficient (Wildman–Crippen LogP) is 12.7. The maximum absolute atomic E-state index is 10.0. The van der Waals surface area contributed by atoms with Gasteiger partial charge in [-0.05, 0) is 64.6 Å². The van der Waals surface area contributed by atoms with Crippen LogP contribution in [0.1, 0.15) is 45.2 Å². The van der Waals surface area contributed by atoms with Crippen molar-refractivity contribution in [3.63, 3.8) is 0 Å². The Kier molecular flexibility index (Phi) is 3.03. The molecule has 0 radical (unpaired) electrons. The zero-order valence-corrected chi connectivity index (χ0v) is 27.7. The number of fused-ring (bicyclic) bond motifs is 7. The molecule has 3 aromatic heterocycles. The fourth-order valence-electron chi connectivity index (χ4n) is 6.21. The molecule has 0 aliphatic rings. The molecule has 5 heteroatoms. The molecule has 0 saturated heterocycles. The summed E-state index contributed by atoms with van der Waals surface area (Å²) in [5.41, 5.74) is -9.04. The van der Waals surface area contributed by atoms with Crippen LogP contribution in [0.25, 0.3) is 100 Å². The smallest absolute Gasteiger partial charge is 0.238 e. The van der Waals surface area contributed by atoms with Gasteiger partial charge in [-0.15, -0.1) is 0 Å². The molecule has 0 amide bonds. The van der Waals surface area contributed by atoms with Crippen molar-refractivity contribution in [1.29, 1.82) is 0 Å². The second-order valence-electron chi connectivity index (χ2n) is 11.6. The van der Waals surface area contributed by atoms with Gasteiger partial charge in [-0.3, -0.25) is 4.57 Å². The maximum Gasteiger partial charge on any atom is 0.238 e. The van der Waals surface area contributed by atoms with Crippen molar-refractivity contribution in [2.45, 2.75) is 0 Å². The van der Waals surface area contributed by atoms with Gasteiger partial charge in [-0.1, -0.05) is 157 Å². The van der Waals surface area contributed by atoms with Crippen LogP contribution >= 0.6 is 0 Å². The maximum atomic E-state index is 10.0. The van der Waals surface area contributed by atoms with Crippen LogP contribution in [0.3, 0.4) is 0 Å². The molecule has 0 N–H and O–H groups in total. The highest BCUT2D eigenvalue weighted by atomic mass is 15.2. The molecular weight excluding hydrogens is 683 g/mol. The SMILES string of the molecule is [2H]c1c([2H])c([2H])c(-c2nc(-c3c([2H])c([2H])c([2H])c(-c4c([2H])c([2H])c([2H])c([2H])c4[2H])c3[2H])nc(-n3c4c([2H])c([2H])c([2H])c([2H])c4c4c5c6c([2H])c([2H])c([2H])c([2H])c6n(-c6c([2H])c([2H])c([2H])c(-c7c([2H])c([2H])c([2H])c([2H])c7[2H])c6[2H])c5c([2H])c([2H])c43)n2)c([2H])c1[2H]. The lowest BCUT2D eigenvalue weighted by Gasteiger charge is -2.12. The molecule has 0 unspecified atom stereocenters. The molecule has 11 rings (SSSR count). The largest absolute Gasteiger partial charge is 0.309 e. The lowest BCUT2D eigenvalue weighted by atomic mass is 10.0. The van der Waals surface area contributed by atoms with Gasteiger partial charge in [0.05, 0.1) is 67.3 Å². The lowest BCUT2D eigenvalue weighted by Crippen LogP contribution is -2.06. The minimum atomic E-state index is -1.09. The van der Waals surface area contributed by atoms with Gasteiger partial charge in [0.15, 0.2) is 11.6 Å². The Morgan fingerprint density at radius 3 is 1.39 bits per heavy atom. The highest BCUT2D eigenvalue weighted by Gasteiger charge is 2.22. The molecule has 3 heterocycles. The van der Waals surface area contributed by atoms with E-state index in [9.17, 15) is 13.7 Å². The van der Waals surface area contributed by atoms with Crippen LogP contribution < -0.4 is 0 Å². The van der Waals surface area contributed by atoms with Crippen molar-refractivity contribution in [2.24, 2.45) is 0 Å². The zero-order chi connectivity index (χ0) is 65.7. The van der Waals surface area contributed by atoms with Crippen LogP contribution in [0.2, 0.25) is 0 Å². The highest BCUT2D eigenvalue weighted by molar-refractivity contribution is 6.28. The Balaban J connectivity index is 1.40. The van der Waals surface area contributed by atoms with E-state index < -0.39 is 300 Å². The minimum absolute atomic E-state index is 0.614. The number of benzene rings is 8. The third kappa shape index (κ3) is 5.21. The first-order valence-electron chi connectivity index (χ1n) is 32.7. The third-order valence-electron chi connectivity index (χ3n) is 8.48. The minimum Gasteiger partial charge on any atom is -0.309 e. The Hall–Kier alpha value is -7.63. The van der Waals surface area contributed by atoms with Crippen LogP contribution in [0.5, 0.6) is 0 Å². The second-order valence-corrected chi connectivity index (χ2v) is 11.6.